The maximum Gasteiger partial charge on any atom is 0.224 e. The average Bonchev–Trinajstić information content (AvgIpc) is 3.22. The smallest absolute Gasteiger partial charge is 0.224 e. The second kappa shape index (κ2) is 11.4. The highest BCUT2D eigenvalue weighted by Gasteiger charge is 2.29. The Balaban J connectivity index is 1.51. The molecule has 188 valence electrons. The van der Waals surface area contributed by atoms with Crippen LogP contribution in [0.25, 0.3) is 16.6 Å². The highest BCUT2D eigenvalue weighted by atomic mass is 35.5. The van der Waals surface area contributed by atoms with Crippen LogP contribution in [0.3, 0.4) is 0 Å². The standard InChI is InChI=1S/C26H36ClN7O/c1-5-32(6-2)15-8-14-28-26(35)20-9-7-16-33(17-20)25-24-23(18(3)29-30-25)19(4)34(31-24)22-12-10-21(27)11-13-22/h10-13,20H,5-9,14-17H2,1-4H3,(H,28,35). The third-order valence-electron chi connectivity index (χ3n) is 6.99. The first-order valence-corrected chi connectivity index (χ1v) is 13.0. The molecule has 3 aromatic rings. The molecule has 9 heteroatoms. The van der Waals surface area contributed by atoms with Crippen molar-refractivity contribution in [3.63, 3.8) is 0 Å². The molecule has 1 unspecified atom stereocenters. The highest BCUT2D eigenvalue weighted by molar-refractivity contribution is 6.30. The summed E-state index contributed by atoms with van der Waals surface area (Å²) >= 11 is 6.08. The molecule has 4 rings (SSSR count). The van der Waals surface area contributed by atoms with Crippen molar-refractivity contribution in [3.05, 3.63) is 40.7 Å². The van der Waals surface area contributed by atoms with Crippen molar-refractivity contribution >= 4 is 34.2 Å². The van der Waals surface area contributed by atoms with Gasteiger partial charge in [-0.15, -0.1) is 5.10 Å². The normalized spacial score (nSPS) is 16.3. The van der Waals surface area contributed by atoms with Gasteiger partial charge in [-0.25, -0.2) is 4.68 Å². The number of piperidine rings is 1. The number of benzene rings is 1. The van der Waals surface area contributed by atoms with Gasteiger partial charge in [0.2, 0.25) is 5.91 Å². The van der Waals surface area contributed by atoms with Gasteiger partial charge in [-0.2, -0.15) is 10.2 Å². The molecular weight excluding hydrogens is 462 g/mol. The Morgan fingerprint density at radius 2 is 1.91 bits per heavy atom. The Morgan fingerprint density at radius 1 is 1.17 bits per heavy atom. The minimum Gasteiger partial charge on any atom is -0.356 e. The van der Waals surface area contributed by atoms with Crippen LogP contribution >= 0.6 is 11.6 Å². The van der Waals surface area contributed by atoms with Gasteiger partial charge < -0.3 is 15.1 Å². The summed E-state index contributed by atoms with van der Waals surface area (Å²) in [6, 6.07) is 7.64. The van der Waals surface area contributed by atoms with Crippen LogP contribution in [-0.4, -0.2) is 70.1 Å². The largest absolute Gasteiger partial charge is 0.356 e. The molecule has 0 radical (unpaired) electrons. The van der Waals surface area contributed by atoms with Gasteiger partial charge in [-0.1, -0.05) is 25.4 Å². The van der Waals surface area contributed by atoms with Crippen LogP contribution in [0, 0.1) is 19.8 Å². The first kappa shape index (κ1) is 25.4. The van der Waals surface area contributed by atoms with Crippen LogP contribution < -0.4 is 10.2 Å². The minimum atomic E-state index is -0.0604. The van der Waals surface area contributed by atoms with Crippen molar-refractivity contribution in [2.75, 3.05) is 44.2 Å². The molecule has 1 atom stereocenters. The quantitative estimate of drug-likeness (QED) is 0.447. The number of aromatic nitrogens is 4. The molecule has 1 aliphatic heterocycles. The number of carbonyl (C=O) groups is 1. The Bertz CT molecular complexity index is 1160. The van der Waals surface area contributed by atoms with Gasteiger partial charge in [-0.3, -0.25) is 4.79 Å². The predicted octanol–water partition coefficient (Wildman–Crippen LogP) is 4.15. The first-order chi connectivity index (χ1) is 16.9. The fraction of sp³-hybridized carbons (Fsp3) is 0.538. The van der Waals surface area contributed by atoms with Crippen molar-refractivity contribution in [3.8, 4) is 5.69 Å². The van der Waals surface area contributed by atoms with Gasteiger partial charge >= 0.3 is 0 Å². The van der Waals surface area contributed by atoms with Gasteiger partial charge in [0.15, 0.2) is 5.82 Å². The maximum absolute atomic E-state index is 12.9. The molecule has 2 aromatic heterocycles. The molecule has 1 aromatic carbocycles. The van der Waals surface area contributed by atoms with Gasteiger partial charge in [0.25, 0.3) is 0 Å². The van der Waals surface area contributed by atoms with Crippen LogP contribution in [0.5, 0.6) is 0 Å². The summed E-state index contributed by atoms with van der Waals surface area (Å²) < 4.78 is 1.92. The topological polar surface area (TPSA) is 79.2 Å². The van der Waals surface area contributed by atoms with Crippen molar-refractivity contribution in [2.45, 2.75) is 47.0 Å². The molecule has 0 aliphatic carbocycles. The monoisotopic (exact) mass is 497 g/mol. The Hall–Kier alpha value is -2.71. The Labute approximate surface area is 212 Å². The third kappa shape index (κ3) is 5.59. The zero-order valence-corrected chi connectivity index (χ0v) is 22.0. The summed E-state index contributed by atoms with van der Waals surface area (Å²) in [6.45, 7) is 13.6. The molecule has 1 N–H and O–H groups in total. The van der Waals surface area contributed by atoms with Crippen LogP contribution in [0.15, 0.2) is 24.3 Å². The molecule has 1 saturated heterocycles. The molecule has 1 fully saturated rings. The number of nitrogens with zero attached hydrogens (tertiary/aromatic N) is 6. The van der Waals surface area contributed by atoms with Gasteiger partial charge in [0.1, 0.15) is 5.52 Å². The van der Waals surface area contributed by atoms with Crippen molar-refractivity contribution in [1.29, 1.82) is 0 Å². The zero-order chi connectivity index (χ0) is 24.9. The summed E-state index contributed by atoms with van der Waals surface area (Å²) in [4.78, 5) is 17.5. The second-order valence-corrected chi connectivity index (χ2v) is 9.70. The maximum atomic E-state index is 12.9. The summed E-state index contributed by atoms with van der Waals surface area (Å²) in [5, 5.41) is 18.8. The number of amides is 1. The zero-order valence-electron chi connectivity index (χ0n) is 21.2. The molecule has 0 saturated carbocycles. The van der Waals surface area contributed by atoms with E-state index in [9.17, 15) is 4.79 Å². The fourth-order valence-electron chi connectivity index (χ4n) is 4.94. The highest BCUT2D eigenvalue weighted by Crippen LogP contribution is 2.31. The van der Waals surface area contributed by atoms with E-state index < -0.39 is 0 Å². The van der Waals surface area contributed by atoms with Crippen molar-refractivity contribution < 1.29 is 4.79 Å². The lowest BCUT2D eigenvalue weighted by molar-refractivity contribution is -0.125. The Kier molecular flexibility index (Phi) is 8.23. The summed E-state index contributed by atoms with van der Waals surface area (Å²) in [5.74, 6) is 0.823. The van der Waals surface area contributed by atoms with E-state index in [1.54, 1.807) is 0 Å². The van der Waals surface area contributed by atoms with E-state index in [-0.39, 0.29) is 11.8 Å². The van der Waals surface area contributed by atoms with E-state index in [0.29, 0.717) is 18.1 Å². The predicted molar refractivity (Wildman–Crippen MR) is 141 cm³/mol. The van der Waals surface area contributed by atoms with Gasteiger partial charge in [-0.05, 0) is 77.0 Å². The van der Waals surface area contributed by atoms with Crippen LogP contribution in [0.1, 0.15) is 44.5 Å². The number of halogens is 1. The average molecular weight is 498 g/mol. The molecule has 0 spiro atoms. The number of hydrogen-bond acceptors (Lipinski definition) is 6. The molecule has 1 aliphatic rings. The van der Waals surface area contributed by atoms with E-state index >= 15 is 0 Å². The van der Waals surface area contributed by atoms with Crippen LogP contribution in [0.2, 0.25) is 5.02 Å². The molecular formula is C26H36ClN7O. The lowest BCUT2D eigenvalue weighted by Crippen LogP contribution is -2.44. The SMILES string of the molecule is CCN(CC)CCCNC(=O)C1CCCN(c2nnc(C)c3c(C)n(-c4ccc(Cl)cc4)nc23)C1. The number of rotatable bonds is 9. The molecule has 3 heterocycles. The number of fused-ring (bicyclic) bond motifs is 1. The van der Waals surface area contributed by atoms with Crippen LogP contribution in [0.4, 0.5) is 5.82 Å². The summed E-state index contributed by atoms with van der Waals surface area (Å²) in [7, 11) is 0. The number of aryl methyl sites for hydroxylation is 2. The van der Waals surface area contributed by atoms with Crippen molar-refractivity contribution in [1.82, 2.24) is 30.2 Å². The van der Waals surface area contributed by atoms with Crippen molar-refractivity contribution in [2.24, 2.45) is 5.92 Å². The number of anilines is 1. The lowest BCUT2D eigenvalue weighted by Gasteiger charge is -2.32. The summed E-state index contributed by atoms with van der Waals surface area (Å²) in [6.07, 6.45) is 2.79. The minimum absolute atomic E-state index is 0.0604. The first-order valence-electron chi connectivity index (χ1n) is 12.7. The number of carbonyl (C=O) groups excluding carboxylic acids is 1. The molecule has 8 nitrogen and oxygen atoms in total. The van der Waals surface area contributed by atoms with E-state index in [1.807, 2.05) is 42.8 Å². The Morgan fingerprint density at radius 3 is 2.63 bits per heavy atom. The third-order valence-corrected chi connectivity index (χ3v) is 7.24. The van der Waals surface area contributed by atoms with Gasteiger partial charge in [0.05, 0.1) is 28.4 Å². The van der Waals surface area contributed by atoms with E-state index in [0.717, 1.165) is 79.2 Å². The van der Waals surface area contributed by atoms with Crippen LogP contribution in [-0.2, 0) is 4.79 Å². The number of nitrogens with one attached hydrogen (secondary N) is 1. The lowest BCUT2D eigenvalue weighted by atomic mass is 9.97. The fourth-order valence-corrected chi connectivity index (χ4v) is 5.07. The molecule has 35 heavy (non-hydrogen) atoms. The van der Waals surface area contributed by atoms with Gasteiger partial charge in [0, 0.05) is 24.7 Å². The molecule has 1 amide bonds. The molecule has 0 bridgehead atoms. The van der Waals surface area contributed by atoms with E-state index in [2.05, 4.69) is 39.2 Å². The second-order valence-electron chi connectivity index (χ2n) is 9.26. The number of hydrogen-bond donors (Lipinski definition) is 1. The summed E-state index contributed by atoms with van der Waals surface area (Å²) in [5.41, 5.74) is 3.62. The van der Waals surface area contributed by atoms with E-state index in [1.165, 1.54) is 0 Å². The van der Waals surface area contributed by atoms with E-state index in [4.69, 9.17) is 16.7 Å².